The highest BCUT2D eigenvalue weighted by Gasteiger charge is 2.36. The van der Waals surface area contributed by atoms with Crippen molar-refractivity contribution in [1.29, 1.82) is 0 Å². The van der Waals surface area contributed by atoms with E-state index in [1.54, 1.807) is 70.4 Å². The maximum absolute atomic E-state index is 14.2. The van der Waals surface area contributed by atoms with Crippen LogP contribution in [0.1, 0.15) is 48.5 Å². The number of carbonyl (C=O) groups is 2. The topological polar surface area (TPSA) is 109 Å². The minimum Gasteiger partial charge on any atom is -0.496 e. The lowest BCUT2D eigenvalue weighted by Gasteiger charge is -2.27. The number of hydrogen-bond donors (Lipinski definition) is 0. The van der Waals surface area contributed by atoms with Crippen LogP contribution in [0.4, 0.5) is 0 Å². The highest BCUT2D eigenvalue weighted by Crippen LogP contribution is 2.40. The standard InChI is InChI=1S/C35H30N2O7S/c1-5-42-33(39)23-13-11-22(12-14-23)26-18-16-24(44-26)19-28-32(38)37-31(29(34(40)43-6-2)20(3)36-35(37)45-28)30-25-10-8-7-9-21(25)15-17-27(30)41-4/h7-19,31H,5-6H2,1-4H3/b28-19+/t31-/m1/s1. The highest BCUT2D eigenvalue weighted by molar-refractivity contribution is 7.07. The van der Waals surface area contributed by atoms with Crippen molar-refractivity contribution in [3.8, 4) is 17.1 Å². The van der Waals surface area contributed by atoms with Gasteiger partial charge in [-0.25, -0.2) is 14.6 Å². The molecule has 228 valence electrons. The summed E-state index contributed by atoms with van der Waals surface area (Å²) in [7, 11) is 1.57. The number of methoxy groups -OCH3 is 1. The summed E-state index contributed by atoms with van der Waals surface area (Å²) in [5, 5.41) is 1.78. The maximum atomic E-state index is 14.2. The van der Waals surface area contributed by atoms with Crippen LogP contribution >= 0.6 is 11.3 Å². The number of benzene rings is 3. The Morgan fingerprint density at radius 1 is 0.956 bits per heavy atom. The molecular weight excluding hydrogens is 592 g/mol. The molecule has 1 aliphatic heterocycles. The molecule has 0 saturated carbocycles. The highest BCUT2D eigenvalue weighted by atomic mass is 32.1. The molecule has 10 heteroatoms. The van der Waals surface area contributed by atoms with Gasteiger partial charge in [0.1, 0.15) is 23.3 Å². The predicted molar refractivity (Wildman–Crippen MR) is 171 cm³/mol. The van der Waals surface area contributed by atoms with Crippen LogP contribution in [0.15, 0.2) is 98.3 Å². The molecule has 3 heterocycles. The van der Waals surface area contributed by atoms with E-state index in [1.807, 2.05) is 36.4 Å². The molecule has 0 unspecified atom stereocenters. The molecule has 0 fully saturated rings. The van der Waals surface area contributed by atoms with Gasteiger partial charge in [-0.1, -0.05) is 53.8 Å². The van der Waals surface area contributed by atoms with Crippen LogP contribution in [0.2, 0.25) is 0 Å². The lowest BCUT2D eigenvalue weighted by molar-refractivity contribution is -0.139. The van der Waals surface area contributed by atoms with Crippen LogP contribution in [0, 0.1) is 0 Å². The molecule has 0 radical (unpaired) electrons. The quantitative estimate of drug-likeness (QED) is 0.213. The predicted octanol–water partition coefficient (Wildman–Crippen LogP) is 5.40. The van der Waals surface area contributed by atoms with Gasteiger partial charge in [0.15, 0.2) is 4.80 Å². The Morgan fingerprint density at radius 2 is 1.69 bits per heavy atom. The number of carbonyl (C=O) groups excluding carboxylic acids is 2. The molecule has 6 rings (SSSR count). The van der Waals surface area contributed by atoms with Crippen LogP contribution in [0.5, 0.6) is 5.75 Å². The summed E-state index contributed by atoms with van der Waals surface area (Å²) in [6, 6.07) is 21.2. The molecule has 0 bridgehead atoms. The van der Waals surface area contributed by atoms with Crippen LogP contribution in [0.25, 0.3) is 28.2 Å². The van der Waals surface area contributed by atoms with Crippen molar-refractivity contribution >= 4 is 40.1 Å². The van der Waals surface area contributed by atoms with E-state index in [1.165, 1.54) is 15.9 Å². The summed E-state index contributed by atoms with van der Waals surface area (Å²) in [6.45, 7) is 5.72. The first-order valence-electron chi connectivity index (χ1n) is 14.5. The summed E-state index contributed by atoms with van der Waals surface area (Å²) in [5.41, 5.74) is 2.30. The summed E-state index contributed by atoms with van der Waals surface area (Å²) in [6.07, 6.45) is 1.67. The minimum absolute atomic E-state index is 0.172. The molecule has 45 heavy (non-hydrogen) atoms. The Bertz CT molecular complexity index is 2150. The number of thiazole rings is 1. The van der Waals surface area contributed by atoms with Gasteiger partial charge in [0.05, 0.1) is 41.7 Å². The van der Waals surface area contributed by atoms with Gasteiger partial charge in [-0.15, -0.1) is 0 Å². The van der Waals surface area contributed by atoms with Crippen LogP contribution in [-0.2, 0) is 14.3 Å². The molecule has 0 amide bonds. The number of allylic oxidation sites excluding steroid dienone is 1. The first-order valence-corrected chi connectivity index (χ1v) is 15.3. The Morgan fingerprint density at radius 3 is 2.42 bits per heavy atom. The van der Waals surface area contributed by atoms with Crippen molar-refractivity contribution in [2.75, 3.05) is 20.3 Å². The third kappa shape index (κ3) is 5.49. The van der Waals surface area contributed by atoms with Crippen LogP contribution in [0.3, 0.4) is 0 Å². The number of aromatic nitrogens is 1. The summed E-state index contributed by atoms with van der Waals surface area (Å²) in [4.78, 5) is 44.8. The molecule has 1 atom stereocenters. The van der Waals surface area contributed by atoms with Crippen molar-refractivity contribution in [3.05, 3.63) is 121 Å². The number of esters is 2. The SMILES string of the molecule is CCOC(=O)C1=C(C)N=c2s/c(=C/c3ccc(-c4ccc(C(=O)OCC)cc4)o3)c(=O)n2[C@H]1c1c(OC)ccc2ccccc12. The molecule has 9 nitrogen and oxygen atoms in total. The van der Waals surface area contributed by atoms with E-state index in [4.69, 9.17) is 18.6 Å². The van der Waals surface area contributed by atoms with Gasteiger partial charge in [-0.2, -0.15) is 0 Å². The molecule has 0 saturated heterocycles. The Hall–Kier alpha value is -5.22. The van der Waals surface area contributed by atoms with Crippen LogP contribution < -0.4 is 19.6 Å². The molecule has 0 N–H and O–H groups in total. The van der Waals surface area contributed by atoms with E-state index < -0.39 is 12.0 Å². The fourth-order valence-electron chi connectivity index (χ4n) is 5.50. The van der Waals surface area contributed by atoms with Crippen molar-refractivity contribution in [2.24, 2.45) is 4.99 Å². The number of fused-ring (bicyclic) bond motifs is 2. The molecule has 3 aromatic carbocycles. The summed E-state index contributed by atoms with van der Waals surface area (Å²) >= 11 is 1.21. The number of nitrogens with zero attached hydrogens (tertiary/aromatic N) is 2. The zero-order chi connectivity index (χ0) is 31.7. The molecular formula is C35H30N2O7S. The largest absolute Gasteiger partial charge is 0.496 e. The van der Waals surface area contributed by atoms with E-state index in [2.05, 4.69) is 4.99 Å². The zero-order valence-electron chi connectivity index (χ0n) is 25.2. The van der Waals surface area contributed by atoms with Gasteiger partial charge in [-0.05, 0) is 61.9 Å². The first kappa shape index (κ1) is 29.8. The van der Waals surface area contributed by atoms with E-state index in [0.717, 1.165) is 16.3 Å². The molecule has 0 aliphatic carbocycles. The van der Waals surface area contributed by atoms with Crippen LogP contribution in [-0.4, -0.2) is 36.8 Å². The van der Waals surface area contributed by atoms with Gasteiger partial charge in [0.2, 0.25) is 0 Å². The maximum Gasteiger partial charge on any atom is 0.338 e. The Balaban J connectivity index is 1.48. The lowest BCUT2D eigenvalue weighted by Crippen LogP contribution is -2.40. The summed E-state index contributed by atoms with van der Waals surface area (Å²) in [5.74, 6) is 0.640. The third-order valence-corrected chi connectivity index (χ3v) is 8.50. The zero-order valence-corrected chi connectivity index (χ0v) is 26.0. The van der Waals surface area contributed by atoms with Crippen molar-refractivity contribution in [3.63, 3.8) is 0 Å². The lowest BCUT2D eigenvalue weighted by atomic mass is 9.90. The average molecular weight is 623 g/mol. The third-order valence-electron chi connectivity index (χ3n) is 7.52. The minimum atomic E-state index is -0.839. The number of hydrogen-bond acceptors (Lipinski definition) is 9. The smallest absolute Gasteiger partial charge is 0.338 e. The monoisotopic (exact) mass is 622 g/mol. The number of furan rings is 1. The van der Waals surface area contributed by atoms with Crippen molar-refractivity contribution < 1.29 is 28.2 Å². The van der Waals surface area contributed by atoms with E-state index in [-0.39, 0.29) is 23.7 Å². The summed E-state index contributed by atoms with van der Waals surface area (Å²) < 4.78 is 24.3. The number of rotatable bonds is 8. The van der Waals surface area contributed by atoms with Gasteiger partial charge >= 0.3 is 11.9 Å². The second kappa shape index (κ2) is 12.4. The molecule has 1 aliphatic rings. The molecule has 2 aromatic heterocycles. The molecule has 5 aromatic rings. The molecule has 0 spiro atoms. The fraction of sp³-hybridized carbons (Fsp3) is 0.200. The van der Waals surface area contributed by atoms with E-state index in [9.17, 15) is 14.4 Å². The first-order chi connectivity index (χ1) is 21.8. The Labute approximate surface area is 262 Å². The van der Waals surface area contributed by atoms with Crippen molar-refractivity contribution in [1.82, 2.24) is 4.57 Å². The second-order valence-corrected chi connectivity index (χ2v) is 11.2. The van der Waals surface area contributed by atoms with Gasteiger partial charge in [0.25, 0.3) is 5.56 Å². The van der Waals surface area contributed by atoms with E-state index in [0.29, 0.717) is 50.0 Å². The Kier molecular flexibility index (Phi) is 8.23. The number of ether oxygens (including phenoxy) is 3. The average Bonchev–Trinajstić information content (AvgIpc) is 3.64. The van der Waals surface area contributed by atoms with Crippen molar-refractivity contribution in [2.45, 2.75) is 26.8 Å². The normalized spacial score (nSPS) is 14.7. The second-order valence-electron chi connectivity index (χ2n) is 10.2. The van der Waals surface area contributed by atoms with E-state index >= 15 is 0 Å². The fourth-order valence-corrected chi connectivity index (χ4v) is 6.53. The van der Waals surface area contributed by atoms with Gasteiger partial charge in [-0.3, -0.25) is 9.36 Å². The van der Waals surface area contributed by atoms with Gasteiger partial charge < -0.3 is 18.6 Å². The van der Waals surface area contributed by atoms with Gasteiger partial charge in [0, 0.05) is 17.2 Å².